The highest BCUT2D eigenvalue weighted by Gasteiger charge is 2.18. The van der Waals surface area contributed by atoms with Crippen LogP contribution in [0.15, 0.2) is 42.5 Å². The molecule has 0 saturated carbocycles. The van der Waals surface area contributed by atoms with Gasteiger partial charge < -0.3 is 0 Å². The van der Waals surface area contributed by atoms with Crippen LogP contribution < -0.4 is 0 Å². The molecule has 0 aromatic heterocycles. The highest BCUT2D eigenvalue weighted by molar-refractivity contribution is 7.89. The van der Waals surface area contributed by atoms with Crippen molar-refractivity contribution in [3.8, 4) is 6.07 Å². The molecule has 0 atom stereocenters. The zero-order valence-electron chi connectivity index (χ0n) is 10.9. The van der Waals surface area contributed by atoms with Crippen LogP contribution in [-0.2, 0) is 21.3 Å². The van der Waals surface area contributed by atoms with E-state index in [1.54, 1.807) is 18.2 Å². The van der Waals surface area contributed by atoms with E-state index in [0.717, 1.165) is 0 Å². The van der Waals surface area contributed by atoms with Gasteiger partial charge in [-0.15, -0.1) is 0 Å². The van der Waals surface area contributed by atoms with Gasteiger partial charge >= 0.3 is 0 Å². The monoisotopic (exact) mass is 323 g/mol. The predicted octanol–water partition coefficient (Wildman–Crippen LogP) is 3.47. The summed E-state index contributed by atoms with van der Waals surface area (Å²) in [5.74, 6) is -1.39. The highest BCUT2D eigenvalue weighted by Crippen LogP contribution is 2.23. The fraction of sp³-hybridized carbons (Fsp3) is 0.133. The summed E-state index contributed by atoms with van der Waals surface area (Å²) in [4.78, 5) is 0. The first-order valence-corrected chi connectivity index (χ1v) is 8.23. The molecule has 2 aromatic carbocycles. The SMILES string of the molecule is N#Cc1cccc(CS(=O)(=O)Cc2c(F)cccc2Cl)c1. The molecule has 3 nitrogen and oxygen atoms in total. The molecular formula is C15H11ClFNO2S. The number of hydrogen-bond donors (Lipinski definition) is 0. The first-order valence-electron chi connectivity index (χ1n) is 6.03. The lowest BCUT2D eigenvalue weighted by Gasteiger charge is -2.08. The van der Waals surface area contributed by atoms with Crippen molar-refractivity contribution in [3.63, 3.8) is 0 Å². The first kappa shape index (κ1) is 15.5. The number of nitriles is 1. The molecule has 6 heteroatoms. The maximum absolute atomic E-state index is 13.6. The molecule has 108 valence electrons. The fourth-order valence-electron chi connectivity index (χ4n) is 1.93. The summed E-state index contributed by atoms with van der Waals surface area (Å²) in [6.45, 7) is 0. The summed E-state index contributed by atoms with van der Waals surface area (Å²) in [6.07, 6.45) is 0. The van der Waals surface area contributed by atoms with Gasteiger partial charge in [0.15, 0.2) is 9.84 Å². The molecule has 0 amide bonds. The van der Waals surface area contributed by atoms with Crippen molar-refractivity contribution in [2.24, 2.45) is 0 Å². The Morgan fingerprint density at radius 3 is 2.52 bits per heavy atom. The molecule has 2 aromatic rings. The maximum atomic E-state index is 13.6. The van der Waals surface area contributed by atoms with Gasteiger partial charge in [0.25, 0.3) is 0 Å². The van der Waals surface area contributed by atoms with E-state index in [4.69, 9.17) is 16.9 Å². The number of benzene rings is 2. The van der Waals surface area contributed by atoms with Crippen LogP contribution >= 0.6 is 11.6 Å². The average molecular weight is 324 g/mol. The fourth-order valence-corrected chi connectivity index (χ4v) is 3.76. The van der Waals surface area contributed by atoms with Gasteiger partial charge in [-0.1, -0.05) is 29.8 Å². The molecule has 21 heavy (non-hydrogen) atoms. The Morgan fingerprint density at radius 1 is 1.14 bits per heavy atom. The summed E-state index contributed by atoms with van der Waals surface area (Å²) in [6, 6.07) is 12.3. The largest absolute Gasteiger partial charge is 0.228 e. The summed E-state index contributed by atoms with van der Waals surface area (Å²) in [5.41, 5.74) is 0.837. The number of hydrogen-bond acceptors (Lipinski definition) is 3. The lowest BCUT2D eigenvalue weighted by molar-refractivity contribution is 0.586. The van der Waals surface area contributed by atoms with Crippen molar-refractivity contribution in [1.82, 2.24) is 0 Å². The van der Waals surface area contributed by atoms with Crippen LogP contribution in [-0.4, -0.2) is 8.42 Å². The summed E-state index contributed by atoms with van der Waals surface area (Å²) >= 11 is 5.84. The Morgan fingerprint density at radius 2 is 1.86 bits per heavy atom. The third kappa shape index (κ3) is 4.03. The van der Waals surface area contributed by atoms with Crippen LogP contribution in [0.5, 0.6) is 0 Å². The number of halogens is 2. The molecule has 2 rings (SSSR count). The van der Waals surface area contributed by atoms with E-state index < -0.39 is 21.4 Å². The summed E-state index contributed by atoms with van der Waals surface area (Å²) < 4.78 is 38.0. The molecule has 0 aliphatic heterocycles. The van der Waals surface area contributed by atoms with Crippen molar-refractivity contribution in [1.29, 1.82) is 5.26 Å². The lowest BCUT2D eigenvalue weighted by Crippen LogP contribution is -2.09. The minimum atomic E-state index is -3.59. The molecule has 0 radical (unpaired) electrons. The van der Waals surface area contributed by atoms with E-state index >= 15 is 0 Å². The highest BCUT2D eigenvalue weighted by atomic mass is 35.5. The van der Waals surface area contributed by atoms with E-state index in [2.05, 4.69) is 0 Å². The van der Waals surface area contributed by atoms with E-state index in [1.165, 1.54) is 24.3 Å². The minimum Gasteiger partial charge on any atom is -0.228 e. The van der Waals surface area contributed by atoms with Gasteiger partial charge in [-0.2, -0.15) is 5.26 Å². The van der Waals surface area contributed by atoms with Crippen molar-refractivity contribution in [3.05, 3.63) is 70.0 Å². The molecule has 0 aliphatic carbocycles. The van der Waals surface area contributed by atoms with Gasteiger partial charge in [0.05, 0.1) is 23.1 Å². The maximum Gasteiger partial charge on any atom is 0.158 e. The Hall–Kier alpha value is -1.90. The molecule has 0 N–H and O–H groups in total. The summed E-state index contributed by atoms with van der Waals surface area (Å²) in [7, 11) is -3.59. The van der Waals surface area contributed by atoms with Crippen molar-refractivity contribution >= 4 is 21.4 Å². The van der Waals surface area contributed by atoms with Crippen LogP contribution in [0.25, 0.3) is 0 Å². The molecule has 0 unspecified atom stereocenters. The molecule has 0 bridgehead atoms. The molecule has 0 aliphatic rings. The van der Waals surface area contributed by atoms with Crippen molar-refractivity contribution in [2.75, 3.05) is 0 Å². The van der Waals surface area contributed by atoms with Crippen LogP contribution in [0.3, 0.4) is 0 Å². The number of sulfone groups is 1. The van der Waals surface area contributed by atoms with Gasteiger partial charge in [0.2, 0.25) is 0 Å². The molecule has 0 saturated heterocycles. The van der Waals surface area contributed by atoms with Crippen molar-refractivity contribution in [2.45, 2.75) is 11.5 Å². The normalized spacial score (nSPS) is 11.1. The predicted molar refractivity (Wildman–Crippen MR) is 78.9 cm³/mol. The second kappa shape index (κ2) is 6.25. The topological polar surface area (TPSA) is 57.9 Å². The standard InChI is InChI=1S/C15H11ClFNO2S/c16-14-5-2-6-15(17)13(14)10-21(19,20)9-12-4-1-3-11(7-12)8-18/h1-7H,9-10H2. The van der Waals surface area contributed by atoms with Gasteiger partial charge in [-0.25, -0.2) is 12.8 Å². The Kier molecular flexibility index (Phi) is 4.61. The smallest absolute Gasteiger partial charge is 0.158 e. The zero-order valence-corrected chi connectivity index (χ0v) is 12.5. The Bertz CT molecular complexity index is 792. The van der Waals surface area contributed by atoms with Crippen LogP contribution in [0.1, 0.15) is 16.7 Å². The van der Waals surface area contributed by atoms with Gasteiger partial charge in [0, 0.05) is 10.6 Å². The second-order valence-corrected chi connectivity index (χ2v) is 7.02. The van der Waals surface area contributed by atoms with E-state index in [0.29, 0.717) is 11.1 Å². The van der Waals surface area contributed by atoms with Crippen molar-refractivity contribution < 1.29 is 12.8 Å². The lowest BCUT2D eigenvalue weighted by atomic mass is 10.2. The van der Waals surface area contributed by atoms with E-state index in [-0.39, 0.29) is 16.3 Å². The third-order valence-electron chi connectivity index (χ3n) is 2.87. The van der Waals surface area contributed by atoms with Crippen LogP contribution in [0.2, 0.25) is 5.02 Å². The first-order chi connectivity index (χ1) is 9.91. The zero-order chi connectivity index (χ0) is 15.5. The van der Waals surface area contributed by atoms with Gasteiger partial charge in [0.1, 0.15) is 5.82 Å². The van der Waals surface area contributed by atoms with E-state index in [9.17, 15) is 12.8 Å². The Labute approximate surface area is 127 Å². The second-order valence-electron chi connectivity index (χ2n) is 4.54. The summed E-state index contributed by atoms with van der Waals surface area (Å²) in [5, 5.41) is 8.89. The van der Waals surface area contributed by atoms with Gasteiger partial charge in [-0.3, -0.25) is 0 Å². The van der Waals surface area contributed by atoms with Gasteiger partial charge in [-0.05, 0) is 29.8 Å². The van der Waals surface area contributed by atoms with E-state index in [1.807, 2.05) is 6.07 Å². The molecule has 0 spiro atoms. The number of rotatable bonds is 4. The quantitative estimate of drug-likeness (QED) is 0.865. The minimum absolute atomic E-state index is 0.0318. The molecular weight excluding hydrogens is 313 g/mol. The third-order valence-corrected chi connectivity index (χ3v) is 4.72. The van der Waals surface area contributed by atoms with Crippen LogP contribution in [0, 0.1) is 17.1 Å². The Balaban J connectivity index is 2.25. The number of nitrogens with zero attached hydrogens (tertiary/aromatic N) is 1. The van der Waals surface area contributed by atoms with Crippen LogP contribution in [0.4, 0.5) is 4.39 Å². The molecule has 0 heterocycles. The molecule has 0 fully saturated rings. The average Bonchev–Trinajstić information content (AvgIpc) is 2.43.